The molecule has 0 radical (unpaired) electrons. The maximum Gasteiger partial charge on any atom is 0.245 e. The van der Waals surface area contributed by atoms with Gasteiger partial charge in [-0.1, -0.05) is 29.8 Å². The summed E-state index contributed by atoms with van der Waals surface area (Å²) in [4.78, 5) is 23.5. The van der Waals surface area contributed by atoms with Gasteiger partial charge in [-0.05, 0) is 38.8 Å². The molecule has 1 aliphatic rings. The van der Waals surface area contributed by atoms with E-state index in [2.05, 4.69) is 51.6 Å². The molecule has 0 aliphatic carbocycles. The Hall–Kier alpha value is -3.22. The Bertz CT molecular complexity index is 994. The first-order valence-corrected chi connectivity index (χ1v) is 9.46. The summed E-state index contributed by atoms with van der Waals surface area (Å²) in [7, 11) is 0. The van der Waals surface area contributed by atoms with Crippen LogP contribution in [0.5, 0.6) is 0 Å². The summed E-state index contributed by atoms with van der Waals surface area (Å²) in [5, 5.41) is 7.69. The van der Waals surface area contributed by atoms with Gasteiger partial charge in [0.2, 0.25) is 5.91 Å². The molecule has 1 aliphatic heterocycles. The number of carbonyl (C=O) groups excluding carboxylic acids is 1. The molecule has 1 aromatic carbocycles. The Morgan fingerprint density at radius 2 is 1.93 bits per heavy atom. The van der Waals surface area contributed by atoms with E-state index >= 15 is 0 Å². The van der Waals surface area contributed by atoms with Crippen LogP contribution in [0.2, 0.25) is 0 Å². The third-order valence-corrected chi connectivity index (χ3v) is 4.96. The van der Waals surface area contributed by atoms with Crippen LogP contribution in [0.15, 0.2) is 42.7 Å². The van der Waals surface area contributed by atoms with E-state index in [9.17, 15) is 4.79 Å². The molecule has 1 unspecified atom stereocenters. The molecule has 1 fully saturated rings. The smallest absolute Gasteiger partial charge is 0.245 e. The van der Waals surface area contributed by atoms with Crippen LogP contribution in [0, 0.1) is 20.8 Å². The number of benzene rings is 1. The zero-order valence-corrected chi connectivity index (χ0v) is 16.4. The van der Waals surface area contributed by atoms with Crippen LogP contribution in [0.1, 0.15) is 28.9 Å². The van der Waals surface area contributed by atoms with Crippen molar-refractivity contribution in [1.82, 2.24) is 24.6 Å². The Labute approximate surface area is 164 Å². The third-order valence-electron chi connectivity index (χ3n) is 4.96. The highest BCUT2D eigenvalue weighted by atomic mass is 16.2. The van der Waals surface area contributed by atoms with Gasteiger partial charge in [-0.2, -0.15) is 5.10 Å². The van der Waals surface area contributed by atoms with Crippen LogP contribution < -0.4 is 5.32 Å². The molecule has 4 rings (SSSR count). The molecule has 3 aromatic rings. The van der Waals surface area contributed by atoms with E-state index in [1.807, 2.05) is 24.8 Å². The van der Waals surface area contributed by atoms with Crippen molar-refractivity contribution in [2.24, 2.45) is 0 Å². The first kappa shape index (κ1) is 18.2. The second-order valence-corrected chi connectivity index (χ2v) is 7.33. The van der Waals surface area contributed by atoms with Crippen molar-refractivity contribution in [2.45, 2.75) is 39.8 Å². The highest BCUT2D eigenvalue weighted by Gasteiger charge is 2.31. The lowest BCUT2D eigenvalue weighted by atomic mass is 10.1. The molecule has 2 aromatic heterocycles. The fourth-order valence-corrected chi connectivity index (χ4v) is 3.51. The number of aromatic nitrogens is 4. The molecular weight excluding hydrogens is 352 g/mol. The van der Waals surface area contributed by atoms with Crippen molar-refractivity contribution in [2.75, 3.05) is 11.9 Å². The summed E-state index contributed by atoms with van der Waals surface area (Å²) < 4.78 is 1.76. The number of nitrogens with zero attached hydrogens (tertiary/aromatic N) is 5. The lowest BCUT2D eigenvalue weighted by Gasteiger charge is -2.17. The first-order chi connectivity index (χ1) is 13.5. The topological polar surface area (TPSA) is 75.9 Å². The summed E-state index contributed by atoms with van der Waals surface area (Å²) in [6.45, 7) is 7.35. The van der Waals surface area contributed by atoms with Gasteiger partial charge < -0.3 is 10.2 Å². The number of anilines is 1. The quantitative estimate of drug-likeness (QED) is 0.741. The summed E-state index contributed by atoms with van der Waals surface area (Å²) in [5.74, 6) is 1.32. The van der Waals surface area contributed by atoms with E-state index in [-0.39, 0.29) is 11.9 Å². The van der Waals surface area contributed by atoms with Gasteiger partial charge in [-0.15, -0.1) is 0 Å². The molecular formula is C21H24N6O. The zero-order valence-electron chi connectivity index (χ0n) is 16.4. The number of aryl methyl sites for hydroxylation is 3. The summed E-state index contributed by atoms with van der Waals surface area (Å²) in [5.41, 5.74) is 4.28. The number of hydrogen-bond donors (Lipinski definition) is 1. The zero-order chi connectivity index (χ0) is 19.7. The Morgan fingerprint density at radius 3 is 2.64 bits per heavy atom. The van der Waals surface area contributed by atoms with Crippen molar-refractivity contribution in [3.05, 3.63) is 65.2 Å². The van der Waals surface area contributed by atoms with Crippen LogP contribution in [-0.4, -0.2) is 43.1 Å². The van der Waals surface area contributed by atoms with E-state index < -0.39 is 0 Å². The van der Waals surface area contributed by atoms with Crippen molar-refractivity contribution in [3.63, 3.8) is 0 Å². The number of hydrogen-bond acceptors (Lipinski definition) is 5. The average Bonchev–Trinajstić information content (AvgIpc) is 3.19. The Balaban J connectivity index is 1.45. The molecule has 3 heterocycles. The van der Waals surface area contributed by atoms with Crippen molar-refractivity contribution in [3.8, 4) is 5.82 Å². The SMILES string of the molecule is Cc1ccc(CN2CCC(Nc3cncc(-n4nc(C)cc4C)n3)C2=O)cc1. The number of amides is 1. The normalized spacial score (nSPS) is 16.6. The van der Waals surface area contributed by atoms with Crippen LogP contribution in [-0.2, 0) is 11.3 Å². The van der Waals surface area contributed by atoms with E-state index in [0.717, 1.165) is 29.9 Å². The predicted octanol–water partition coefficient (Wildman–Crippen LogP) is 2.80. The number of likely N-dealkylation sites (tertiary alicyclic amines) is 1. The molecule has 1 atom stereocenters. The lowest BCUT2D eigenvalue weighted by Crippen LogP contribution is -2.33. The van der Waals surface area contributed by atoms with Crippen LogP contribution in [0.25, 0.3) is 5.82 Å². The minimum atomic E-state index is -0.282. The van der Waals surface area contributed by atoms with Crippen LogP contribution >= 0.6 is 0 Å². The average molecular weight is 376 g/mol. The maximum atomic E-state index is 12.8. The molecule has 1 saturated heterocycles. The number of rotatable bonds is 5. The predicted molar refractivity (Wildman–Crippen MR) is 107 cm³/mol. The molecule has 0 spiro atoms. The minimum absolute atomic E-state index is 0.0962. The maximum absolute atomic E-state index is 12.8. The molecule has 7 heteroatoms. The standard InChI is InChI=1S/C21H24N6O/c1-14-4-6-17(7-5-14)13-26-9-8-18(21(26)28)23-19-11-22-12-20(24-19)27-16(3)10-15(2)25-27/h4-7,10-12,18H,8-9,13H2,1-3H3,(H,23,24). The van der Waals surface area contributed by atoms with Gasteiger partial charge in [0, 0.05) is 18.8 Å². The van der Waals surface area contributed by atoms with Crippen LogP contribution in [0.4, 0.5) is 5.82 Å². The molecule has 0 bridgehead atoms. The van der Waals surface area contributed by atoms with Gasteiger partial charge in [-0.3, -0.25) is 9.78 Å². The van der Waals surface area contributed by atoms with E-state index in [0.29, 0.717) is 18.2 Å². The van der Waals surface area contributed by atoms with E-state index in [1.54, 1.807) is 17.1 Å². The first-order valence-electron chi connectivity index (χ1n) is 9.46. The summed E-state index contributed by atoms with van der Waals surface area (Å²) in [6, 6.07) is 10.0. The van der Waals surface area contributed by atoms with Gasteiger partial charge in [0.15, 0.2) is 5.82 Å². The second-order valence-electron chi connectivity index (χ2n) is 7.33. The molecule has 1 amide bonds. The van der Waals surface area contributed by atoms with Gasteiger partial charge in [-0.25, -0.2) is 9.67 Å². The number of nitrogens with one attached hydrogen (secondary N) is 1. The Morgan fingerprint density at radius 1 is 1.14 bits per heavy atom. The van der Waals surface area contributed by atoms with Gasteiger partial charge in [0.25, 0.3) is 0 Å². The largest absolute Gasteiger partial charge is 0.357 e. The highest BCUT2D eigenvalue weighted by Crippen LogP contribution is 2.19. The van der Waals surface area contributed by atoms with Gasteiger partial charge in [0.05, 0.1) is 18.1 Å². The Kier molecular flexibility index (Phi) is 4.81. The molecule has 1 N–H and O–H groups in total. The monoisotopic (exact) mass is 376 g/mol. The minimum Gasteiger partial charge on any atom is -0.357 e. The number of carbonyl (C=O) groups is 1. The lowest BCUT2D eigenvalue weighted by molar-refractivity contribution is -0.128. The highest BCUT2D eigenvalue weighted by molar-refractivity contribution is 5.86. The fourth-order valence-electron chi connectivity index (χ4n) is 3.51. The van der Waals surface area contributed by atoms with Crippen molar-refractivity contribution >= 4 is 11.7 Å². The molecule has 28 heavy (non-hydrogen) atoms. The fraction of sp³-hybridized carbons (Fsp3) is 0.333. The van der Waals surface area contributed by atoms with Crippen molar-refractivity contribution in [1.29, 1.82) is 0 Å². The van der Waals surface area contributed by atoms with Crippen LogP contribution in [0.3, 0.4) is 0 Å². The third kappa shape index (κ3) is 3.74. The van der Waals surface area contributed by atoms with E-state index in [4.69, 9.17) is 0 Å². The van der Waals surface area contributed by atoms with Crippen molar-refractivity contribution < 1.29 is 4.79 Å². The summed E-state index contributed by atoms with van der Waals surface area (Å²) in [6.07, 6.45) is 4.06. The van der Waals surface area contributed by atoms with Gasteiger partial charge >= 0.3 is 0 Å². The molecule has 144 valence electrons. The second kappa shape index (κ2) is 7.42. The summed E-state index contributed by atoms with van der Waals surface area (Å²) >= 11 is 0. The van der Waals surface area contributed by atoms with E-state index in [1.165, 1.54) is 5.56 Å². The molecule has 7 nitrogen and oxygen atoms in total. The molecule has 0 saturated carbocycles. The van der Waals surface area contributed by atoms with Gasteiger partial charge in [0.1, 0.15) is 11.9 Å².